The van der Waals surface area contributed by atoms with Crippen molar-refractivity contribution in [2.75, 3.05) is 50.6 Å². The minimum absolute atomic E-state index is 0.0619. The Balaban J connectivity index is 1.53. The molecule has 0 atom stereocenters. The Bertz CT molecular complexity index is 905. The number of ether oxygens (including phenoxy) is 2. The van der Waals surface area contributed by atoms with Crippen LogP contribution in [-0.2, 0) is 22.4 Å². The number of thiophene rings is 1. The maximum atomic E-state index is 13.2. The largest absolute Gasteiger partial charge is 0.495 e. The van der Waals surface area contributed by atoms with Gasteiger partial charge in [-0.3, -0.25) is 9.59 Å². The number of quaternary nitrogens is 1. The molecule has 2 aromatic rings. The lowest BCUT2D eigenvalue weighted by Gasteiger charge is -2.23. The lowest BCUT2D eigenvalue weighted by molar-refractivity contribution is -0.899. The van der Waals surface area contributed by atoms with Crippen molar-refractivity contribution in [1.29, 1.82) is 0 Å². The number of rotatable bonds is 6. The van der Waals surface area contributed by atoms with Gasteiger partial charge in [-0.25, -0.2) is 0 Å². The molecule has 1 aliphatic heterocycles. The van der Waals surface area contributed by atoms with E-state index in [1.165, 1.54) is 21.1 Å². The Kier molecular flexibility index (Phi) is 6.13. The van der Waals surface area contributed by atoms with Crippen molar-refractivity contribution in [2.45, 2.75) is 19.3 Å². The molecule has 7 nitrogen and oxygen atoms in total. The first-order chi connectivity index (χ1) is 14.2. The van der Waals surface area contributed by atoms with Crippen molar-refractivity contribution < 1.29 is 24.0 Å². The Labute approximate surface area is 174 Å². The molecule has 1 aromatic heterocycles. The molecule has 0 saturated carbocycles. The van der Waals surface area contributed by atoms with Gasteiger partial charge in [0, 0.05) is 4.88 Å². The highest BCUT2D eigenvalue weighted by Crippen LogP contribution is 2.39. The van der Waals surface area contributed by atoms with Crippen LogP contribution in [0.4, 0.5) is 10.7 Å². The van der Waals surface area contributed by atoms with E-state index in [0.29, 0.717) is 41.8 Å². The van der Waals surface area contributed by atoms with Gasteiger partial charge in [0.1, 0.15) is 23.8 Å². The number of hydrogen-bond acceptors (Lipinski definition) is 5. The average Bonchev–Trinajstić information content (AvgIpc) is 3.29. The Morgan fingerprint density at radius 3 is 2.76 bits per heavy atom. The molecule has 0 bridgehead atoms. The summed E-state index contributed by atoms with van der Waals surface area (Å²) in [6.45, 7) is 3.41. The molecule has 8 heteroatoms. The molecule has 2 aliphatic rings. The minimum Gasteiger partial charge on any atom is -0.495 e. The van der Waals surface area contributed by atoms with Crippen LogP contribution in [0.3, 0.4) is 0 Å². The Morgan fingerprint density at radius 1 is 1.17 bits per heavy atom. The Hall–Kier alpha value is -2.42. The van der Waals surface area contributed by atoms with Crippen molar-refractivity contribution >= 4 is 33.8 Å². The molecule has 1 aromatic carbocycles. The molecule has 1 saturated heterocycles. The topological polar surface area (TPSA) is 81.1 Å². The smallest absolute Gasteiger partial charge is 0.280 e. The number of methoxy groups -OCH3 is 1. The second kappa shape index (κ2) is 8.94. The van der Waals surface area contributed by atoms with Crippen molar-refractivity contribution in [2.24, 2.45) is 0 Å². The molecule has 1 fully saturated rings. The molecule has 3 N–H and O–H groups in total. The summed E-state index contributed by atoms with van der Waals surface area (Å²) in [7, 11) is 1.58. The summed E-state index contributed by atoms with van der Waals surface area (Å²) in [5.41, 5.74) is 2.28. The number of nitrogens with one attached hydrogen (secondary N) is 3. The van der Waals surface area contributed by atoms with E-state index in [4.69, 9.17) is 9.47 Å². The van der Waals surface area contributed by atoms with Crippen LogP contribution in [0.1, 0.15) is 27.2 Å². The van der Waals surface area contributed by atoms with E-state index in [9.17, 15) is 9.59 Å². The number of amides is 2. The SMILES string of the molecule is COc1ccccc1NC(=O)c1c(NC(=O)C[NH+]2CCOCC2)sc2c1CCC2. The molecule has 0 spiro atoms. The summed E-state index contributed by atoms with van der Waals surface area (Å²) < 4.78 is 10.7. The van der Waals surface area contributed by atoms with Crippen LogP contribution in [0.25, 0.3) is 0 Å². The highest BCUT2D eigenvalue weighted by Gasteiger charge is 2.28. The molecule has 1 aliphatic carbocycles. The second-order valence-corrected chi connectivity index (χ2v) is 8.41. The molecule has 154 valence electrons. The quantitative estimate of drug-likeness (QED) is 0.664. The number of hydrogen-bond donors (Lipinski definition) is 3. The van der Waals surface area contributed by atoms with E-state index >= 15 is 0 Å². The van der Waals surface area contributed by atoms with Gasteiger partial charge < -0.3 is 25.0 Å². The summed E-state index contributed by atoms with van der Waals surface area (Å²) in [6.07, 6.45) is 2.87. The van der Waals surface area contributed by atoms with Crippen molar-refractivity contribution in [3.05, 3.63) is 40.3 Å². The monoisotopic (exact) mass is 416 g/mol. The molecule has 2 amide bonds. The van der Waals surface area contributed by atoms with E-state index in [1.54, 1.807) is 13.2 Å². The lowest BCUT2D eigenvalue weighted by Crippen LogP contribution is -3.15. The maximum Gasteiger partial charge on any atom is 0.280 e. The molecular formula is C21H26N3O4S+. The minimum atomic E-state index is -0.206. The van der Waals surface area contributed by atoms with Crippen LogP contribution < -0.4 is 20.3 Å². The van der Waals surface area contributed by atoms with Crippen molar-refractivity contribution in [3.8, 4) is 5.75 Å². The third-order valence-electron chi connectivity index (χ3n) is 5.37. The zero-order valence-corrected chi connectivity index (χ0v) is 17.3. The van der Waals surface area contributed by atoms with Crippen LogP contribution in [-0.4, -0.2) is 51.8 Å². The fourth-order valence-electron chi connectivity index (χ4n) is 3.90. The van der Waals surface area contributed by atoms with Crippen molar-refractivity contribution in [1.82, 2.24) is 0 Å². The summed E-state index contributed by atoms with van der Waals surface area (Å²) in [5.74, 6) is 0.338. The van der Waals surface area contributed by atoms with Gasteiger partial charge >= 0.3 is 0 Å². The summed E-state index contributed by atoms with van der Waals surface area (Å²) in [4.78, 5) is 28.2. The number of para-hydroxylation sites is 2. The van der Waals surface area contributed by atoms with Gasteiger partial charge in [0.2, 0.25) is 0 Å². The van der Waals surface area contributed by atoms with Crippen LogP contribution >= 0.6 is 11.3 Å². The number of carbonyl (C=O) groups excluding carboxylic acids is 2. The molecular weight excluding hydrogens is 390 g/mol. The fourth-order valence-corrected chi connectivity index (χ4v) is 5.20. The van der Waals surface area contributed by atoms with Gasteiger partial charge in [-0.15, -0.1) is 11.3 Å². The number of aryl methyl sites for hydroxylation is 1. The standard InChI is InChI=1S/C21H25N3O4S/c1-27-16-7-3-2-6-15(16)22-20(26)19-14-5-4-8-17(14)29-21(19)23-18(25)13-24-9-11-28-12-10-24/h2-3,6-7H,4-5,8-13H2,1H3,(H,22,26)(H,23,25)/p+1. The predicted molar refractivity (Wildman–Crippen MR) is 112 cm³/mol. The van der Waals surface area contributed by atoms with Gasteiger partial charge in [0.25, 0.3) is 11.8 Å². The zero-order chi connectivity index (χ0) is 20.2. The predicted octanol–water partition coefficient (Wildman–Crippen LogP) is 1.35. The van der Waals surface area contributed by atoms with Gasteiger partial charge in [-0.1, -0.05) is 12.1 Å². The van der Waals surface area contributed by atoms with E-state index in [2.05, 4.69) is 10.6 Å². The van der Waals surface area contributed by atoms with Crippen LogP contribution in [0, 0.1) is 0 Å². The number of fused-ring (bicyclic) bond motifs is 1. The first-order valence-corrected chi connectivity index (χ1v) is 10.8. The molecule has 0 unspecified atom stereocenters. The normalized spacial score (nSPS) is 16.3. The Morgan fingerprint density at radius 2 is 1.97 bits per heavy atom. The maximum absolute atomic E-state index is 13.2. The van der Waals surface area contributed by atoms with Crippen LogP contribution in [0.15, 0.2) is 24.3 Å². The van der Waals surface area contributed by atoms with Crippen LogP contribution in [0.2, 0.25) is 0 Å². The van der Waals surface area contributed by atoms with Crippen LogP contribution in [0.5, 0.6) is 5.75 Å². The lowest BCUT2D eigenvalue weighted by atomic mass is 10.1. The highest BCUT2D eigenvalue weighted by atomic mass is 32.1. The van der Waals surface area contributed by atoms with Gasteiger partial charge in [0.15, 0.2) is 6.54 Å². The summed E-state index contributed by atoms with van der Waals surface area (Å²) in [5, 5.41) is 6.62. The van der Waals surface area contributed by atoms with E-state index < -0.39 is 0 Å². The first-order valence-electron chi connectivity index (χ1n) is 9.95. The van der Waals surface area contributed by atoms with Gasteiger partial charge in [-0.05, 0) is 37.0 Å². The van der Waals surface area contributed by atoms with E-state index in [1.807, 2.05) is 18.2 Å². The van der Waals surface area contributed by atoms with Crippen molar-refractivity contribution in [3.63, 3.8) is 0 Å². The summed E-state index contributed by atoms with van der Waals surface area (Å²) >= 11 is 1.53. The molecule has 4 rings (SSSR count). The highest BCUT2D eigenvalue weighted by molar-refractivity contribution is 7.17. The molecule has 2 heterocycles. The number of anilines is 2. The van der Waals surface area contributed by atoms with E-state index in [0.717, 1.165) is 37.9 Å². The summed E-state index contributed by atoms with van der Waals surface area (Å²) in [6, 6.07) is 7.32. The third kappa shape index (κ3) is 4.44. The number of morpholine rings is 1. The number of benzene rings is 1. The average molecular weight is 417 g/mol. The second-order valence-electron chi connectivity index (χ2n) is 7.30. The number of carbonyl (C=O) groups is 2. The molecule has 0 radical (unpaired) electrons. The third-order valence-corrected chi connectivity index (χ3v) is 6.57. The van der Waals surface area contributed by atoms with Gasteiger partial charge in [-0.2, -0.15) is 0 Å². The first kappa shape index (κ1) is 19.9. The fraction of sp³-hybridized carbons (Fsp3) is 0.429. The molecule has 29 heavy (non-hydrogen) atoms. The van der Waals surface area contributed by atoms with E-state index in [-0.39, 0.29) is 11.8 Å². The zero-order valence-electron chi connectivity index (χ0n) is 16.5. The van der Waals surface area contributed by atoms with Gasteiger partial charge in [0.05, 0.1) is 31.6 Å².